The monoisotopic (exact) mass is 284 g/mol. The van der Waals surface area contributed by atoms with Crippen molar-refractivity contribution in [3.8, 4) is 5.69 Å². The molecule has 0 saturated heterocycles. The maximum Gasteiger partial charge on any atom is 0.129 e. The summed E-state index contributed by atoms with van der Waals surface area (Å²) in [5.41, 5.74) is 7.05. The summed E-state index contributed by atoms with van der Waals surface area (Å²) in [6.45, 7) is 6.36. The normalized spacial score (nSPS) is 11.2. The number of halogens is 1. The molecule has 20 heavy (non-hydrogen) atoms. The highest BCUT2D eigenvalue weighted by molar-refractivity contribution is 6.17. The van der Waals surface area contributed by atoms with E-state index < -0.39 is 0 Å². The summed E-state index contributed by atoms with van der Waals surface area (Å²) in [6, 6.07) is 12.7. The van der Waals surface area contributed by atoms with Crippen molar-refractivity contribution < 1.29 is 0 Å². The highest BCUT2D eigenvalue weighted by Crippen LogP contribution is 2.26. The van der Waals surface area contributed by atoms with Gasteiger partial charge in [-0.25, -0.2) is 4.98 Å². The van der Waals surface area contributed by atoms with Crippen molar-refractivity contribution in [2.45, 2.75) is 26.7 Å². The maximum atomic E-state index is 6.09. The Kier molecular flexibility index (Phi) is 3.27. The van der Waals surface area contributed by atoms with Crippen LogP contribution in [0.5, 0.6) is 0 Å². The van der Waals surface area contributed by atoms with Gasteiger partial charge in [0.1, 0.15) is 5.82 Å². The molecular formula is C17H17ClN2. The van der Waals surface area contributed by atoms with Gasteiger partial charge in [-0.2, -0.15) is 0 Å². The second-order valence-electron chi connectivity index (χ2n) is 5.21. The number of nitrogens with zero attached hydrogens (tertiary/aromatic N) is 2. The van der Waals surface area contributed by atoms with Crippen LogP contribution < -0.4 is 0 Å². The molecule has 3 heteroatoms. The van der Waals surface area contributed by atoms with Crippen LogP contribution in [0.15, 0.2) is 36.4 Å². The molecule has 0 spiro atoms. The molecular weight excluding hydrogens is 268 g/mol. The first kappa shape index (κ1) is 13.2. The Bertz CT molecular complexity index is 787. The van der Waals surface area contributed by atoms with E-state index in [-0.39, 0.29) is 0 Å². The number of alkyl halides is 1. The van der Waals surface area contributed by atoms with Crippen molar-refractivity contribution in [3.05, 3.63) is 58.9 Å². The van der Waals surface area contributed by atoms with Crippen molar-refractivity contribution in [1.82, 2.24) is 9.55 Å². The van der Waals surface area contributed by atoms with Crippen molar-refractivity contribution in [2.24, 2.45) is 0 Å². The molecule has 0 aliphatic heterocycles. The molecule has 3 rings (SSSR count). The topological polar surface area (TPSA) is 17.8 Å². The van der Waals surface area contributed by atoms with Crippen LogP contribution in [-0.2, 0) is 5.88 Å². The van der Waals surface area contributed by atoms with Crippen LogP contribution >= 0.6 is 11.6 Å². The Labute approximate surface area is 124 Å². The first-order valence-corrected chi connectivity index (χ1v) is 7.26. The van der Waals surface area contributed by atoms with Crippen molar-refractivity contribution >= 4 is 22.6 Å². The smallest absolute Gasteiger partial charge is 0.129 e. The molecule has 0 radical (unpaired) electrons. The van der Waals surface area contributed by atoms with Gasteiger partial charge in [-0.05, 0) is 55.7 Å². The maximum absolute atomic E-state index is 6.09. The summed E-state index contributed by atoms with van der Waals surface area (Å²) >= 11 is 6.09. The van der Waals surface area contributed by atoms with Gasteiger partial charge in [-0.15, -0.1) is 11.6 Å². The van der Waals surface area contributed by atoms with E-state index in [1.165, 1.54) is 16.7 Å². The first-order valence-electron chi connectivity index (χ1n) is 6.72. The Morgan fingerprint density at radius 1 is 1.00 bits per heavy atom. The van der Waals surface area contributed by atoms with E-state index in [9.17, 15) is 0 Å². The van der Waals surface area contributed by atoms with Crippen molar-refractivity contribution in [3.63, 3.8) is 0 Å². The molecule has 0 aliphatic rings. The minimum Gasteiger partial charge on any atom is -0.295 e. The van der Waals surface area contributed by atoms with E-state index >= 15 is 0 Å². The molecule has 0 aliphatic carbocycles. The summed E-state index contributed by atoms with van der Waals surface area (Å²) in [5, 5.41) is 0. The fraction of sp³-hybridized carbons (Fsp3) is 0.235. The average molecular weight is 285 g/mol. The molecule has 0 unspecified atom stereocenters. The van der Waals surface area contributed by atoms with Crippen LogP contribution in [0.2, 0.25) is 0 Å². The van der Waals surface area contributed by atoms with Crippen LogP contribution in [0.4, 0.5) is 0 Å². The second kappa shape index (κ2) is 4.95. The lowest BCUT2D eigenvalue weighted by atomic mass is 10.1. The molecule has 1 heterocycles. The second-order valence-corrected chi connectivity index (χ2v) is 5.48. The number of hydrogen-bond donors (Lipinski definition) is 0. The van der Waals surface area contributed by atoms with Crippen LogP contribution in [0.25, 0.3) is 16.7 Å². The van der Waals surface area contributed by atoms with Gasteiger partial charge in [0, 0.05) is 5.69 Å². The molecule has 0 bridgehead atoms. The van der Waals surface area contributed by atoms with Crippen molar-refractivity contribution in [2.75, 3.05) is 0 Å². The van der Waals surface area contributed by atoms with Gasteiger partial charge in [0.15, 0.2) is 0 Å². The molecule has 0 fully saturated rings. The number of aryl methyl sites for hydroxylation is 3. The Hall–Kier alpha value is -1.80. The minimum absolute atomic E-state index is 0.404. The summed E-state index contributed by atoms with van der Waals surface area (Å²) in [6.07, 6.45) is 0. The van der Waals surface area contributed by atoms with Crippen molar-refractivity contribution in [1.29, 1.82) is 0 Å². The predicted octanol–water partition coefficient (Wildman–Crippen LogP) is 4.69. The number of imidazole rings is 1. The fourth-order valence-corrected chi connectivity index (χ4v) is 2.75. The van der Waals surface area contributed by atoms with Gasteiger partial charge in [0.05, 0.1) is 16.9 Å². The largest absolute Gasteiger partial charge is 0.295 e. The summed E-state index contributed by atoms with van der Waals surface area (Å²) < 4.78 is 2.17. The van der Waals surface area contributed by atoms with E-state index in [0.29, 0.717) is 5.88 Å². The van der Waals surface area contributed by atoms with E-state index in [2.05, 4.69) is 54.6 Å². The van der Waals surface area contributed by atoms with Crippen LogP contribution in [0.3, 0.4) is 0 Å². The van der Waals surface area contributed by atoms with Crippen LogP contribution in [0, 0.1) is 20.8 Å². The molecule has 3 aromatic rings. The predicted molar refractivity (Wildman–Crippen MR) is 84.8 cm³/mol. The molecule has 2 nitrogen and oxygen atoms in total. The Balaban J connectivity index is 2.36. The van der Waals surface area contributed by atoms with E-state index in [1.807, 2.05) is 12.1 Å². The summed E-state index contributed by atoms with van der Waals surface area (Å²) in [5.74, 6) is 1.29. The highest BCUT2D eigenvalue weighted by Gasteiger charge is 2.13. The number of rotatable bonds is 2. The third-order valence-electron chi connectivity index (χ3n) is 3.82. The summed E-state index contributed by atoms with van der Waals surface area (Å²) in [4.78, 5) is 4.65. The molecule has 0 atom stereocenters. The molecule has 0 N–H and O–H groups in total. The van der Waals surface area contributed by atoms with E-state index in [0.717, 1.165) is 22.5 Å². The summed E-state index contributed by atoms with van der Waals surface area (Å²) in [7, 11) is 0. The standard InChI is InChI=1S/C17H17ClN2/c1-11-7-8-14(9-13(11)3)20-16(10-18)19-15-6-4-5-12(2)17(15)20/h4-9H,10H2,1-3H3. The van der Waals surface area contributed by atoms with Gasteiger partial charge in [-0.1, -0.05) is 18.2 Å². The van der Waals surface area contributed by atoms with E-state index in [4.69, 9.17) is 11.6 Å². The molecule has 0 saturated carbocycles. The number of hydrogen-bond acceptors (Lipinski definition) is 1. The van der Waals surface area contributed by atoms with Gasteiger partial charge in [0.25, 0.3) is 0 Å². The quantitative estimate of drug-likeness (QED) is 0.624. The third-order valence-corrected chi connectivity index (χ3v) is 4.05. The SMILES string of the molecule is Cc1ccc(-n2c(CCl)nc3cccc(C)c32)cc1C. The first-order chi connectivity index (χ1) is 9.61. The lowest BCUT2D eigenvalue weighted by molar-refractivity contribution is 0.976. The molecule has 0 amide bonds. The fourth-order valence-electron chi connectivity index (χ4n) is 2.58. The Morgan fingerprint density at radius 2 is 1.80 bits per heavy atom. The zero-order valence-electron chi connectivity index (χ0n) is 11.9. The average Bonchev–Trinajstić information content (AvgIpc) is 2.82. The molecule has 1 aromatic heterocycles. The number of para-hydroxylation sites is 1. The van der Waals surface area contributed by atoms with Crippen LogP contribution in [-0.4, -0.2) is 9.55 Å². The zero-order chi connectivity index (χ0) is 14.3. The highest BCUT2D eigenvalue weighted by atomic mass is 35.5. The third kappa shape index (κ3) is 2.01. The van der Waals surface area contributed by atoms with Gasteiger partial charge < -0.3 is 0 Å². The van der Waals surface area contributed by atoms with Gasteiger partial charge in [0.2, 0.25) is 0 Å². The number of fused-ring (bicyclic) bond motifs is 1. The molecule has 2 aromatic carbocycles. The Morgan fingerprint density at radius 3 is 2.50 bits per heavy atom. The number of benzene rings is 2. The number of aromatic nitrogens is 2. The van der Waals surface area contributed by atoms with Gasteiger partial charge in [-0.3, -0.25) is 4.57 Å². The lowest BCUT2D eigenvalue weighted by Gasteiger charge is -2.11. The minimum atomic E-state index is 0.404. The molecule has 102 valence electrons. The zero-order valence-corrected chi connectivity index (χ0v) is 12.7. The lowest BCUT2D eigenvalue weighted by Crippen LogP contribution is -2.01. The van der Waals surface area contributed by atoms with Gasteiger partial charge >= 0.3 is 0 Å². The van der Waals surface area contributed by atoms with Crippen LogP contribution in [0.1, 0.15) is 22.5 Å². The van der Waals surface area contributed by atoms with E-state index in [1.54, 1.807) is 0 Å².